The quantitative estimate of drug-likeness (QED) is 0.637. The smallest absolute Gasteiger partial charge is 0.121 e. The Bertz CT molecular complexity index is 381. The van der Waals surface area contributed by atoms with Gasteiger partial charge in [-0.05, 0) is 23.1 Å². The minimum atomic E-state index is -1.30. The largest absolute Gasteiger partial charge is 0.508 e. The van der Waals surface area contributed by atoms with Gasteiger partial charge in [0.2, 0.25) is 0 Å². The van der Waals surface area contributed by atoms with E-state index in [1.165, 1.54) is 6.07 Å². The maximum Gasteiger partial charge on any atom is 0.121 e. The maximum absolute atomic E-state index is 9.79. The van der Waals surface area contributed by atoms with Gasteiger partial charge in [-0.3, -0.25) is 0 Å². The van der Waals surface area contributed by atoms with E-state index in [1.54, 1.807) is 12.1 Å². The number of rotatable bonds is 3. The summed E-state index contributed by atoms with van der Waals surface area (Å²) in [4.78, 5) is 0. The molecule has 0 heterocycles. The summed E-state index contributed by atoms with van der Waals surface area (Å²) >= 11 is 0. The van der Waals surface area contributed by atoms with Crippen LogP contribution in [0.4, 0.5) is 0 Å². The lowest BCUT2D eigenvalue weighted by Crippen LogP contribution is -2.22. The highest BCUT2D eigenvalue weighted by Crippen LogP contribution is 2.32. The molecule has 0 saturated heterocycles. The summed E-state index contributed by atoms with van der Waals surface area (Å²) in [6.07, 6.45) is -2.58. The summed E-state index contributed by atoms with van der Waals surface area (Å²) in [5.74, 6) is -0.0852. The van der Waals surface area contributed by atoms with Crippen LogP contribution in [0, 0.1) is 0 Å². The molecule has 0 aromatic heterocycles. The Balaban J connectivity index is 3.15. The number of aliphatic hydroxyl groups is 3. The van der Waals surface area contributed by atoms with E-state index in [1.807, 2.05) is 20.8 Å². The summed E-state index contributed by atoms with van der Waals surface area (Å²) in [5, 5.41) is 37.6. The van der Waals surface area contributed by atoms with Crippen LogP contribution in [0.5, 0.6) is 5.75 Å². The van der Waals surface area contributed by atoms with E-state index >= 15 is 0 Å². The minimum absolute atomic E-state index is 0.0852. The van der Waals surface area contributed by atoms with Crippen LogP contribution in [-0.2, 0) is 5.41 Å². The van der Waals surface area contributed by atoms with Crippen molar-refractivity contribution in [2.45, 2.75) is 38.4 Å². The van der Waals surface area contributed by atoms with E-state index in [2.05, 4.69) is 0 Å². The van der Waals surface area contributed by atoms with Crippen molar-refractivity contribution in [3.8, 4) is 5.75 Å². The molecule has 0 fully saturated rings. The van der Waals surface area contributed by atoms with Crippen molar-refractivity contribution in [3.05, 3.63) is 29.3 Å². The molecular formula is C13H20O4. The average molecular weight is 240 g/mol. The van der Waals surface area contributed by atoms with Gasteiger partial charge in [-0.2, -0.15) is 0 Å². The first kappa shape index (κ1) is 14.0. The predicted octanol–water partition coefficient (Wildman–Crippen LogP) is 1.08. The van der Waals surface area contributed by atoms with Crippen LogP contribution >= 0.6 is 0 Å². The lowest BCUT2D eigenvalue weighted by atomic mass is 9.85. The summed E-state index contributed by atoms with van der Waals surface area (Å²) in [6.45, 7) is 5.48. The molecule has 1 aromatic rings. The van der Waals surface area contributed by atoms with E-state index in [9.17, 15) is 15.3 Å². The number of hydrogen-bond acceptors (Lipinski definition) is 4. The van der Waals surface area contributed by atoms with E-state index in [-0.39, 0.29) is 16.7 Å². The zero-order valence-corrected chi connectivity index (χ0v) is 10.4. The highest BCUT2D eigenvalue weighted by molar-refractivity contribution is 5.40. The normalized spacial score (nSPS) is 15.6. The molecule has 0 bridgehead atoms. The number of phenolic OH excluding ortho intramolecular Hbond substituents is 1. The fraction of sp³-hybridized carbons (Fsp3) is 0.538. The van der Waals surface area contributed by atoms with Gasteiger partial charge in [0.1, 0.15) is 18.0 Å². The van der Waals surface area contributed by atoms with Crippen LogP contribution in [-0.4, -0.2) is 33.1 Å². The Labute approximate surface area is 101 Å². The zero-order chi connectivity index (χ0) is 13.2. The van der Waals surface area contributed by atoms with Crippen molar-refractivity contribution in [1.29, 1.82) is 0 Å². The highest BCUT2D eigenvalue weighted by Gasteiger charge is 2.23. The molecule has 0 aliphatic carbocycles. The molecule has 0 saturated carbocycles. The Kier molecular flexibility index (Phi) is 4.14. The SMILES string of the molecule is CC(C)(C)c1ccc(O)c(C(O)C(O)CO)c1. The van der Waals surface area contributed by atoms with Crippen molar-refractivity contribution in [1.82, 2.24) is 0 Å². The zero-order valence-electron chi connectivity index (χ0n) is 10.4. The molecule has 1 aromatic carbocycles. The summed E-state index contributed by atoms with van der Waals surface area (Å²) in [6, 6.07) is 4.92. The van der Waals surface area contributed by atoms with Gasteiger partial charge in [-0.25, -0.2) is 0 Å². The highest BCUT2D eigenvalue weighted by atomic mass is 16.4. The van der Waals surface area contributed by atoms with E-state index in [4.69, 9.17) is 5.11 Å². The molecule has 4 N–H and O–H groups in total. The van der Waals surface area contributed by atoms with Crippen LogP contribution in [0.2, 0.25) is 0 Å². The molecule has 4 heteroatoms. The van der Waals surface area contributed by atoms with E-state index in [0.717, 1.165) is 5.56 Å². The standard InChI is InChI=1S/C13H20O4/c1-13(2,3)8-4-5-10(15)9(6-8)12(17)11(16)7-14/h4-6,11-12,14-17H,7H2,1-3H3. The first-order chi connectivity index (χ1) is 7.77. The third kappa shape index (κ3) is 3.19. The average Bonchev–Trinajstić information content (AvgIpc) is 2.26. The molecule has 4 nitrogen and oxygen atoms in total. The van der Waals surface area contributed by atoms with Gasteiger partial charge < -0.3 is 20.4 Å². The van der Waals surface area contributed by atoms with Gasteiger partial charge in [0.15, 0.2) is 0 Å². The molecular weight excluding hydrogens is 220 g/mol. The Morgan fingerprint density at radius 1 is 1.18 bits per heavy atom. The Hall–Kier alpha value is -1.10. The predicted molar refractivity (Wildman–Crippen MR) is 64.9 cm³/mol. The lowest BCUT2D eigenvalue weighted by molar-refractivity contribution is -0.0162. The van der Waals surface area contributed by atoms with Crippen LogP contribution in [0.15, 0.2) is 18.2 Å². The summed E-state index contributed by atoms with van der Waals surface area (Å²) in [5.41, 5.74) is 1.06. The molecule has 0 spiro atoms. The fourth-order valence-corrected chi connectivity index (χ4v) is 1.57. The second-order valence-electron chi connectivity index (χ2n) is 5.22. The van der Waals surface area contributed by atoms with Crippen LogP contribution in [0.1, 0.15) is 38.0 Å². The molecule has 0 aliphatic rings. The van der Waals surface area contributed by atoms with Crippen LogP contribution in [0.25, 0.3) is 0 Å². The van der Waals surface area contributed by atoms with Gasteiger partial charge in [0, 0.05) is 5.56 Å². The third-order valence-electron chi connectivity index (χ3n) is 2.76. The van der Waals surface area contributed by atoms with Crippen LogP contribution in [0.3, 0.4) is 0 Å². The number of benzene rings is 1. The molecule has 2 atom stereocenters. The Morgan fingerprint density at radius 3 is 2.24 bits per heavy atom. The first-order valence-electron chi connectivity index (χ1n) is 5.57. The number of phenols is 1. The number of aliphatic hydroxyl groups excluding tert-OH is 3. The molecule has 0 radical (unpaired) electrons. The molecule has 0 aliphatic heterocycles. The van der Waals surface area contributed by atoms with E-state index < -0.39 is 18.8 Å². The van der Waals surface area contributed by atoms with Gasteiger partial charge >= 0.3 is 0 Å². The molecule has 17 heavy (non-hydrogen) atoms. The molecule has 2 unspecified atom stereocenters. The van der Waals surface area contributed by atoms with Gasteiger partial charge in [0.25, 0.3) is 0 Å². The third-order valence-corrected chi connectivity index (χ3v) is 2.76. The minimum Gasteiger partial charge on any atom is -0.508 e. The lowest BCUT2D eigenvalue weighted by Gasteiger charge is -2.23. The van der Waals surface area contributed by atoms with Crippen molar-refractivity contribution < 1.29 is 20.4 Å². The van der Waals surface area contributed by atoms with Gasteiger partial charge in [-0.1, -0.05) is 26.8 Å². The van der Waals surface area contributed by atoms with Crippen molar-refractivity contribution in [2.24, 2.45) is 0 Å². The van der Waals surface area contributed by atoms with Gasteiger partial charge in [0.05, 0.1) is 6.61 Å². The molecule has 1 rings (SSSR count). The monoisotopic (exact) mass is 240 g/mol. The molecule has 96 valence electrons. The number of aromatic hydroxyl groups is 1. The topological polar surface area (TPSA) is 80.9 Å². The van der Waals surface area contributed by atoms with Crippen LogP contribution < -0.4 is 0 Å². The van der Waals surface area contributed by atoms with Crippen molar-refractivity contribution >= 4 is 0 Å². The Morgan fingerprint density at radius 2 is 1.76 bits per heavy atom. The van der Waals surface area contributed by atoms with E-state index in [0.29, 0.717) is 0 Å². The second kappa shape index (κ2) is 5.04. The number of hydrogen-bond donors (Lipinski definition) is 4. The second-order valence-corrected chi connectivity index (χ2v) is 5.22. The van der Waals surface area contributed by atoms with Crippen molar-refractivity contribution in [3.63, 3.8) is 0 Å². The van der Waals surface area contributed by atoms with Crippen molar-refractivity contribution in [2.75, 3.05) is 6.61 Å². The summed E-state index contributed by atoms with van der Waals surface area (Å²) < 4.78 is 0. The summed E-state index contributed by atoms with van der Waals surface area (Å²) in [7, 11) is 0. The molecule has 0 amide bonds. The maximum atomic E-state index is 9.79. The fourth-order valence-electron chi connectivity index (χ4n) is 1.57. The first-order valence-corrected chi connectivity index (χ1v) is 5.57. The van der Waals surface area contributed by atoms with Gasteiger partial charge in [-0.15, -0.1) is 0 Å².